The molecule has 1 aromatic rings. The Morgan fingerprint density at radius 3 is 2.63 bits per heavy atom. The van der Waals surface area contributed by atoms with Crippen LogP contribution in [0.2, 0.25) is 0 Å². The zero-order valence-electron chi connectivity index (χ0n) is 17.1. The van der Waals surface area contributed by atoms with Crippen LogP contribution >= 0.6 is 24.0 Å². The first-order chi connectivity index (χ1) is 12.3. The monoisotopic (exact) mass is 491 g/mol. The Morgan fingerprint density at radius 2 is 2.04 bits per heavy atom. The van der Waals surface area contributed by atoms with Gasteiger partial charge in [-0.05, 0) is 12.8 Å². The summed E-state index contributed by atoms with van der Waals surface area (Å²) in [6, 6.07) is 0.333. The summed E-state index contributed by atoms with van der Waals surface area (Å²) in [6.45, 7) is 8.92. The minimum Gasteiger partial charge on any atom is -0.367 e. The second kappa shape index (κ2) is 10.7. The van der Waals surface area contributed by atoms with E-state index in [1.54, 1.807) is 7.05 Å². The molecule has 0 aliphatic carbocycles. The molecule has 9 heteroatoms. The summed E-state index contributed by atoms with van der Waals surface area (Å²) in [4.78, 5) is 18.5. The fourth-order valence-electron chi connectivity index (χ4n) is 2.91. The topological polar surface area (TPSA) is 86.6 Å². The van der Waals surface area contributed by atoms with Crippen LogP contribution in [0, 0.1) is 5.41 Å². The number of carbonyl (C=O) groups excluding carboxylic acids is 1. The van der Waals surface area contributed by atoms with Crippen LogP contribution in [-0.2, 0) is 11.8 Å². The molecule has 1 saturated heterocycles. The summed E-state index contributed by atoms with van der Waals surface area (Å²) >= 11 is 0. The van der Waals surface area contributed by atoms with Gasteiger partial charge in [-0.2, -0.15) is 5.10 Å². The number of halogens is 1. The fraction of sp³-hybridized carbons (Fsp3) is 0.722. The molecule has 0 bridgehead atoms. The molecule has 1 aliphatic heterocycles. The van der Waals surface area contributed by atoms with Crippen molar-refractivity contribution in [3.05, 3.63) is 12.4 Å². The van der Waals surface area contributed by atoms with E-state index in [1.807, 2.05) is 44.9 Å². The van der Waals surface area contributed by atoms with E-state index in [-0.39, 0.29) is 35.3 Å². The largest absolute Gasteiger partial charge is 0.367 e. The number of nitrogens with zero attached hydrogens (tertiary/aromatic N) is 4. The summed E-state index contributed by atoms with van der Waals surface area (Å²) in [6.07, 6.45) is 6.20. The van der Waals surface area contributed by atoms with Crippen LogP contribution in [-0.4, -0.2) is 60.9 Å². The van der Waals surface area contributed by atoms with Gasteiger partial charge >= 0.3 is 0 Å². The number of nitrogens with one attached hydrogen (secondary N) is 3. The van der Waals surface area contributed by atoms with Crippen molar-refractivity contribution >= 4 is 41.5 Å². The van der Waals surface area contributed by atoms with Gasteiger partial charge in [0.05, 0.1) is 11.9 Å². The standard InChI is InChI=1S/C18H33N7O.HI/c1-18(2,3)16(26)20-8-9-21-17(19-4)23-14-7-6-10-25(12-14)15-11-22-24(5)13-15;/h11,13-14H,6-10,12H2,1-5H3,(H,20,26)(H2,19,21,23);1H. The van der Waals surface area contributed by atoms with Gasteiger partial charge in [0.15, 0.2) is 5.96 Å². The third-order valence-electron chi connectivity index (χ3n) is 4.43. The summed E-state index contributed by atoms with van der Waals surface area (Å²) in [5, 5.41) is 14.0. The molecule has 154 valence electrons. The highest BCUT2D eigenvalue weighted by molar-refractivity contribution is 14.0. The molecule has 1 fully saturated rings. The lowest BCUT2D eigenvalue weighted by atomic mass is 9.96. The Hall–Kier alpha value is -1.52. The smallest absolute Gasteiger partial charge is 0.225 e. The number of aromatic nitrogens is 2. The van der Waals surface area contributed by atoms with Gasteiger partial charge in [-0.3, -0.25) is 14.5 Å². The first-order valence-corrected chi connectivity index (χ1v) is 9.28. The van der Waals surface area contributed by atoms with Gasteiger partial charge in [-0.15, -0.1) is 24.0 Å². The van der Waals surface area contributed by atoms with Crippen molar-refractivity contribution in [2.24, 2.45) is 17.5 Å². The Bertz CT molecular complexity index is 623. The van der Waals surface area contributed by atoms with Gasteiger partial charge in [0.2, 0.25) is 5.91 Å². The first-order valence-electron chi connectivity index (χ1n) is 9.28. The van der Waals surface area contributed by atoms with Gasteiger partial charge in [0.25, 0.3) is 0 Å². The fourth-order valence-corrected chi connectivity index (χ4v) is 2.91. The molecule has 1 amide bonds. The Balaban J connectivity index is 0.00000364. The number of guanidine groups is 1. The maximum absolute atomic E-state index is 11.9. The number of hydrogen-bond donors (Lipinski definition) is 3. The van der Waals surface area contributed by atoms with Crippen LogP contribution in [0.25, 0.3) is 0 Å². The van der Waals surface area contributed by atoms with Gasteiger partial charge in [-0.1, -0.05) is 20.8 Å². The number of rotatable bonds is 5. The van der Waals surface area contributed by atoms with Crippen molar-refractivity contribution in [2.45, 2.75) is 39.7 Å². The number of anilines is 1. The molecule has 27 heavy (non-hydrogen) atoms. The van der Waals surface area contributed by atoms with Gasteiger partial charge in [0.1, 0.15) is 0 Å². The molecular formula is C18H34IN7O. The molecule has 1 unspecified atom stereocenters. The molecular weight excluding hydrogens is 457 g/mol. The van der Waals surface area contributed by atoms with E-state index in [4.69, 9.17) is 0 Å². The minimum atomic E-state index is -0.363. The number of aliphatic imine (C=N–C) groups is 1. The van der Waals surface area contributed by atoms with Crippen molar-refractivity contribution in [1.82, 2.24) is 25.7 Å². The third-order valence-corrected chi connectivity index (χ3v) is 4.43. The molecule has 0 saturated carbocycles. The predicted octanol–water partition coefficient (Wildman–Crippen LogP) is 1.33. The van der Waals surface area contributed by atoms with Crippen molar-refractivity contribution < 1.29 is 4.79 Å². The van der Waals surface area contributed by atoms with Crippen LogP contribution in [0.4, 0.5) is 5.69 Å². The molecule has 1 atom stereocenters. The van der Waals surface area contributed by atoms with Gasteiger partial charge in [0, 0.05) is 57.9 Å². The maximum atomic E-state index is 11.9. The number of aryl methyl sites for hydroxylation is 1. The molecule has 0 spiro atoms. The Labute approximate surface area is 179 Å². The molecule has 3 N–H and O–H groups in total. The van der Waals surface area contributed by atoms with Gasteiger partial charge < -0.3 is 20.9 Å². The molecule has 2 heterocycles. The SMILES string of the molecule is CN=C(NCCNC(=O)C(C)(C)C)NC1CCCN(c2cnn(C)c2)C1.I. The van der Waals surface area contributed by atoms with Crippen LogP contribution in [0.15, 0.2) is 17.4 Å². The highest BCUT2D eigenvalue weighted by atomic mass is 127. The number of piperidine rings is 1. The summed E-state index contributed by atoms with van der Waals surface area (Å²) < 4.78 is 1.83. The lowest BCUT2D eigenvalue weighted by Crippen LogP contribution is -2.52. The molecule has 1 aromatic heterocycles. The highest BCUT2D eigenvalue weighted by Crippen LogP contribution is 2.18. The zero-order chi connectivity index (χ0) is 19.2. The number of carbonyl (C=O) groups is 1. The molecule has 0 aromatic carbocycles. The first kappa shape index (κ1) is 23.5. The van der Waals surface area contributed by atoms with Gasteiger partial charge in [-0.25, -0.2) is 0 Å². The van der Waals surface area contributed by atoms with E-state index in [2.05, 4.69) is 30.9 Å². The second-order valence-corrected chi connectivity index (χ2v) is 7.81. The minimum absolute atomic E-state index is 0. The Kier molecular flexibility index (Phi) is 9.34. The molecule has 2 rings (SSSR count). The third kappa shape index (κ3) is 7.55. The summed E-state index contributed by atoms with van der Waals surface area (Å²) in [7, 11) is 3.71. The van der Waals surface area contributed by atoms with E-state index in [0.29, 0.717) is 19.1 Å². The number of amides is 1. The average Bonchev–Trinajstić information content (AvgIpc) is 3.03. The van der Waals surface area contributed by atoms with Crippen molar-refractivity contribution in [2.75, 3.05) is 38.1 Å². The van der Waals surface area contributed by atoms with E-state index in [1.165, 1.54) is 0 Å². The van der Waals surface area contributed by atoms with Crippen molar-refractivity contribution in [3.8, 4) is 0 Å². The Morgan fingerprint density at radius 1 is 1.33 bits per heavy atom. The van der Waals surface area contributed by atoms with E-state index in [0.717, 1.165) is 37.6 Å². The number of hydrogen-bond acceptors (Lipinski definition) is 4. The maximum Gasteiger partial charge on any atom is 0.225 e. The van der Waals surface area contributed by atoms with E-state index < -0.39 is 0 Å². The molecule has 1 aliphatic rings. The highest BCUT2D eigenvalue weighted by Gasteiger charge is 2.22. The van der Waals surface area contributed by atoms with Crippen molar-refractivity contribution in [3.63, 3.8) is 0 Å². The molecule has 8 nitrogen and oxygen atoms in total. The predicted molar refractivity (Wildman–Crippen MR) is 121 cm³/mol. The lowest BCUT2D eigenvalue weighted by molar-refractivity contribution is -0.128. The van der Waals surface area contributed by atoms with E-state index in [9.17, 15) is 4.79 Å². The average molecular weight is 491 g/mol. The summed E-state index contributed by atoms with van der Waals surface area (Å²) in [5.74, 6) is 0.828. The quantitative estimate of drug-likeness (QED) is 0.251. The van der Waals surface area contributed by atoms with E-state index >= 15 is 0 Å². The molecule has 0 radical (unpaired) electrons. The zero-order valence-corrected chi connectivity index (χ0v) is 19.4. The van der Waals surface area contributed by atoms with Crippen LogP contribution in [0.5, 0.6) is 0 Å². The van der Waals surface area contributed by atoms with Crippen LogP contribution in [0.3, 0.4) is 0 Å². The van der Waals surface area contributed by atoms with Crippen LogP contribution in [0.1, 0.15) is 33.6 Å². The lowest BCUT2D eigenvalue weighted by Gasteiger charge is -2.34. The van der Waals surface area contributed by atoms with Crippen molar-refractivity contribution in [1.29, 1.82) is 0 Å². The van der Waals surface area contributed by atoms with Crippen LogP contribution < -0.4 is 20.9 Å². The second-order valence-electron chi connectivity index (χ2n) is 7.81. The summed E-state index contributed by atoms with van der Waals surface area (Å²) in [5.41, 5.74) is 0.796. The normalized spacial score (nSPS) is 17.9.